The molecule has 0 saturated heterocycles. The molecule has 45 heavy (non-hydrogen) atoms. The SMILES string of the molecule is CC(=O)OCC1=CC(OC(C)=O)C2CC(OC(C)=O)C(C)=C(C(OC(C)=O)C(OC(C)=O)=C(C)C(OC(C)=O)CC1O)C2(C)C. The van der Waals surface area contributed by atoms with Crippen molar-refractivity contribution >= 4 is 35.8 Å². The quantitative estimate of drug-likeness (QED) is 0.245. The maximum Gasteiger partial charge on any atom is 0.307 e. The predicted octanol–water partition coefficient (Wildman–Crippen LogP) is 3.17. The van der Waals surface area contributed by atoms with Gasteiger partial charge in [0.15, 0.2) is 11.9 Å². The smallest absolute Gasteiger partial charge is 0.307 e. The molecule has 2 rings (SSSR count). The first-order chi connectivity index (χ1) is 20.8. The number of aliphatic hydroxyl groups excluding tert-OH is 1. The summed E-state index contributed by atoms with van der Waals surface area (Å²) in [5.74, 6) is -5.00. The van der Waals surface area contributed by atoms with E-state index in [1.807, 2.05) is 0 Å². The molecule has 0 radical (unpaired) electrons. The molecular formula is C32H44O13. The first kappa shape index (κ1) is 37.2. The van der Waals surface area contributed by atoms with Crippen molar-refractivity contribution in [1.82, 2.24) is 0 Å². The molecular weight excluding hydrogens is 592 g/mol. The Labute approximate surface area is 262 Å². The molecule has 2 aliphatic carbocycles. The standard InChI is InChI=1S/C32H44O13/c1-15-26(41-18(4)34)12-24-28(43-20(6)36)11-23(14-40-17(3)33)25(39)13-27(42-19(5)35)16(2)30(44-21(7)37)31(45-22(8)38)29(15)32(24,9)10/h11,24-28,31,39H,12-14H2,1-10H3. The first-order valence-electron chi connectivity index (χ1n) is 14.6. The highest BCUT2D eigenvalue weighted by atomic mass is 16.6. The fourth-order valence-electron chi connectivity index (χ4n) is 6.02. The minimum atomic E-state index is -1.43. The highest BCUT2D eigenvalue weighted by molar-refractivity contribution is 5.71. The summed E-state index contributed by atoms with van der Waals surface area (Å²) in [6.07, 6.45) is -4.72. The van der Waals surface area contributed by atoms with Gasteiger partial charge < -0.3 is 33.5 Å². The van der Waals surface area contributed by atoms with Crippen LogP contribution in [-0.4, -0.2) is 78.0 Å². The van der Waals surface area contributed by atoms with Crippen molar-refractivity contribution < 1.29 is 62.3 Å². The summed E-state index contributed by atoms with van der Waals surface area (Å²) in [6, 6.07) is 0. The predicted molar refractivity (Wildman–Crippen MR) is 157 cm³/mol. The molecule has 0 fully saturated rings. The van der Waals surface area contributed by atoms with E-state index in [1.165, 1.54) is 40.7 Å². The number of fused-ring (bicyclic) bond motifs is 2. The molecule has 250 valence electrons. The summed E-state index contributed by atoms with van der Waals surface area (Å²) in [4.78, 5) is 73.8. The van der Waals surface area contributed by atoms with Gasteiger partial charge >= 0.3 is 35.8 Å². The van der Waals surface area contributed by atoms with E-state index in [0.717, 1.165) is 13.8 Å². The van der Waals surface area contributed by atoms with E-state index in [9.17, 15) is 33.9 Å². The lowest BCUT2D eigenvalue weighted by Crippen LogP contribution is -2.49. The average molecular weight is 637 g/mol. The molecule has 2 aliphatic rings. The fraction of sp³-hybridized carbons (Fsp3) is 0.625. The third-order valence-electron chi connectivity index (χ3n) is 7.91. The van der Waals surface area contributed by atoms with Gasteiger partial charge in [0.1, 0.15) is 24.9 Å². The number of esters is 6. The largest absolute Gasteiger partial charge is 0.461 e. The number of ether oxygens (including phenoxy) is 6. The van der Waals surface area contributed by atoms with Crippen molar-refractivity contribution in [3.63, 3.8) is 0 Å². The highest BCUT2D eigenvalue weighted by Gasteiger charge is 2.51. The summed E-state index contributed by atoms with van der Waals surface area (Å²) in [6.45, 7) is 13.5. The van der Waals surface area contributed by atoms with Crippen LogP contribution in [0.3, 0.4) is 0 Å². The number of hydrogen-bond donors (Lipinski definition) is 1. The Kier molecular flexibility index (Phi) is 12.7. The normalized spacial score (nSPS) is 26.7. The van der Waals surface area contributed by atoms with Crippen molar-refractivity contribution in [1.29, 1.82) is 0 Å². The van der Waals surface area contributed by atoms with Crippen LogP contribution in [0.15, 0.2) is 34.1 Å². The zero-order valence-electron chi connectivity index (χ0n) is 27.5. The van der Waals surface area contributed by atoms with Crippen LogP contribution >= 0.6 is 0 Å². The number of aliphatic hydroxyl groups is 1. The third kappa shape index (κ3) is 9.74. The number of hydrogen-bond acceptors (Lipinski definition) is 13. The van der Waals surface area contributed by atoms with Crippen LogP contribution in [0.5, 0.6) is 0 Å². The summed E-state index contributed by atoms with van der Waals surface area (Å²) in [7, 11) is 0. The van der Waals surface area contributed by atoms with Crippen molar-refractivity contribution in [3.05, 3.63) is 34.1 Å². The molecule has 0 amide bonds. The Balaban J connectivity index is 3.15. The molecule has 0 spiro atoms. The van der Waals surface area contributed by atoms with Gasteiger partial charge in [-0.1, -0.05) is 13.8 Å². The second kappa shape index (κ2) is 15.3. The Hall–Kier alpha value is -4.00. The van der Waals surface area contributed by atoms with Crippen LogP contribution in [-0.2, 0) is 57.2 Å². The zero-order valence-corrected chi connectivity index (χ0v) is 27.5. The number of carbonyl (C=O) groups excluding carboxylic acids is 6. The Morgan fingerprint density at radius 2 is 1.24 bits per heavy atom. The van der Waals surface area contributed by atoms with Crippen LogP contribution < -0.4 is 0 Å². The molecule has 0 aromatic rings. The van der Waals surface area contributed by atoms with Gasteiger partial charge in [-0.3, -0.25) is 28.8 Å². The van der Waals surface area contributed by atoms with E-state index in [4.69, 9.17) is 28.4 Å². The third-order valence-corrected chi connectivity index (χ3v) is 7.91. The zero-order chi connectivity index (χ0) is 34.4. The Morgan fingerprint density at radius 1 is 0.733 bits per heavy atom. The van der Waals surface area contributed by atoms with Gasteiger partial charge in [0.05, 0.1) is 6.10 Å². The molecule has 13 heteroatoms. The first-order valence-corrected chi connectivity index (χ1v) is 14.6. The molecule has 6 unspecified atom stereocenters. The molecule has 13 nitrogen and oxygen atoms in total. The molecule has 0 aromatic carbocycles. The van der Waals surface area contributed by atoms with Crippen molar-refractivity contribution in [2.45, 2.75) is 113 Å². The highest BCUT2D eigenvalue weighted by Crippen LogP contribution is 2.51. The maximum absolute atomic E-state index is 12.6. The topological polar surface area (TPSA) is 178 Å². The van der Waals surface area contributed by atoms with Crippen LogP contribution in [0.2, 0.25) is 0 Å². The van der Waals surface area contributed by atoms with Crippen molar-refractivity contribution in [2.75, 3.05) is 6.61 Å². The van der Waals surface area contributed by atoms with E-state index in [2.05, 4.69) is 0 Å². The average Bonchev–Trinajstić information content (AvgIpc) is 2.87. The van der Waals surface area contributed by atoms with Gasteiger partial charge in [-0.2, -0.15) is 0 Å². The Bertz CT molecular complexity index is 1300. The molecule has 0 aliphatic heterocycles. The molecule has 6 atom stereocenters. The monoisotopic (exact) mass is 636 g/mol. The van der Waals surface area contributed by atoms with E-state index in [-0.39, 0.29) is 36.4 Å². The summed E-state index contributed by atoms with van der Waals surface area (Å²) < 4.78 is 33.8. The molecule has 0 heterocycles. The van der Waals surface area contributed by atoms with Gasteiger partial charge in [0.2, 0.25) is 0 Å². The van der Waals surface area contributed by atoms with Gasteiger partial charge in [-0.05, 0) is 48.5 Å². The van der Waals surface area contributed by atoms with E-state index in [0.29, 0.717) is 11.1 Å². The van der Waals surface area contributed by atoms with Crippen LogP contribution in [0.25, 0.3) is 0 Å². The molecule has 1 N–H and O–H groups in total. The van der Waals surface area contributed by atoms with Gasteiger partial charge in [0, 0.05) is 59.5 Å². The summed E-state index contributed by atoms with van der Waals surface area (Å²) in [5, 5.41) is 11.5. The second-order valence-electron chi connectivity index (χ2n) is 11.8. The van der Waals surface area contributed by atoms with Gasteiger partial charge in [0.25, 0.3) is 0 Å². The Morgan fingerprint density at radius 3 is 1.71 bits per heavy atom. The van der Waals surface area contributed by atoms with E-state index < -0.39 is 77.7 Å². The lowest BCUT2D eigenvalue weighted by Gasteiger charge is -2.48. The number of carbonyl (C=O) groups is 6. The van der Waals surface area contributed by atoms with E-state index in [1.54, 1.807) is 20.8 Å². The van der Waals surface area contributed by atoms with Crippen molar-refractivity contribution in [2.24, 2.45) is 11.3 Å². The minimum Gasteiger partial charge on any atom is -0.461 e. The van der Waals surface area contributed by atoms with Crippen LogP contribution in [0.4, 0.5) is 0 Å². The molecule has 0 saturated carbocycles. The fourth-order valence-corrected chi connectivity index (χ4v) is 6.02. The minimum absolute atomic E-state index is 0.139. The lowest BCUT2D eigenvalue weighted by atomic mass is 9.60. The van der Waals surface area contributed by atoms with Gasteiger partial charge in [-0.25, -0.2) is 0 Å². The maximum atomic E-state index is 12.6. The number of rotatable bonds is 7. The van der Waals surface area contributed by atoms with Crippen LogP contribution in [0.1, 0.15) is 82.1 Å². The van der Waals surface area contributed by atoms with Crippen molar-refractivity contribution in [3.8, 4) is 0 Å². The van der Waals surface area contributed by atoms with Crippen LogP contribution in [0, 0.1) is 11.3 Å². The molecule has 0 aromatic heterocycles. The van der Waals surface area contributed by atoms with E-state index >= 15 is 0 Å². The summed E-state index contributed by atoms with van der Waals surface area (Å²) in [5.41, 5.74) is 0.140. The second-order valence-corrected chi connectivity index (χ2v) is 11.8. The lowest BCUT2D eigenvalue weighted by molar-refractivity contribution is -0.156. The summed E-state index contributed by atoms with van der Waals surface area (Å²) >= 11 is 0. The molecule has 2 bridgehead atoms. The van der Waals surface area contributed by atoms with Gasteiger partial charge in [-0.15, -0.1) is 0 Å².